The highest BCUT2D eigenvalue weighted by Gasteiger charge is 2.16. The molecular weight excluding hydrogens is 234 g/mol. The van der Waals surface area contributed by atoms with E-state index in [-0.39, 0.29) is 0 Å². The summed E-state index contributed by atoms with van der Waals surface area (Å²) >= 11 is 0. The maximum Gasteiger partial charge on any atom is 0.119 e. The number of hydrogen-bond acceptors (Lipinski definition) is 2. The molecule has 0 unspecified atom stereocenters. The summed E-state index contributed by atoms with van der Waals surface area (Å²) in [6.07, 6.45) is 5.37. The van der Waals surface area contributed by atoms with Crippen molar-refractivity contribution in [2.45, 2.75) is 46.1 Å². The molecule has 0 atom stereocenters. The Hall–Kier alpha value is -1.02. The average molecular weight is 261 g/mol. The van der Waals surface area contributed by atoms with Crippen LogP contribution in [0.4, 0.5) is 0 Å². The van der Waals surface area contributed by atoms with E-state index in [1.807, 2.05) is 0 Å². The maximum atomic E-state index is 5.72. The molecule has 0 radical (unpaired) electrons. The summed E-state index contributed by atoms with van der Waals surface area (Å²) in [4.78, 5) is 0. The molecule has 0 spiro atoms. The first-order chi connectivity index (χ1) is 9.24. The molecule has 0 amide bonds. The minimum Gasteiger partial charge on any atom is -0.494 e. The molecule has 0 aromatic heterocycles. The van der Waals surface area contributed by atoms with Gasteiger partial charge in [-0.05, 0) is 55.3 Å². The van der Waals surface area contributed by atoms with Crippen molar-refractivity contribution in [2.75, 3.05) is 13.2 Å². The SMILES string of the molecule is CC(C)CCOc1ccc(CNCC2CCC2)cc1. The van der Waals surface area contributed by atoms with Gasteiger partial charge in [0, 0.05) is 6.54 Å². The van der Waals surface area contributed by atoms with E-state index in [1.54, 1.807) is 0 Å². The zero-order valence-corrected chi connectivity index (χ0v) is 12.3. The van der Waals surface area contributed by atoms with Gasteiger partial charge in [-0.1, -0.05) is 32.4 Å². The van der Waals surface area contributed by atoms with Gasteiger partial charge in [-0.15, -0.1) is 0 Å². The fraction of sp³-hybridized carbons (Fsp3) is 0.647. The van der Waals surface area contributed by atoms with Crippen LogP contribution in [0.5, 0.6) is 5.75 Å². The highest BCUT2D eigenvalue weighted by molar-refractivity contribution is 5.27. The highest BCUT2D eigenvalue weighted by Crippen LogP contribution is 2.25. The molecular formula is C17H27NO. The van der Waals surface area contributed by atoms with Crippen molar-refractivity contribution in [2.24, 2.45) is 11.8 Å². The van der Waals surface area contributed by atoms with Crippen LogP contribution in [0, 0.1) is 11.8 Å². The molecule has 1 fully saturated rings. The Labute approximate surface area is 117 Å². The lowest BCUT2D eigenvalue weighted by Gasteiger charge is -2.25. The number of nitrogens with one attached hydrogen (secondary N) is 1. The Morgan fingerprint density at radius 2 is 1.95 bits per heavy atom. The van der Waals surface area contributed by atoms with E-state index in [0.29, 0.717) is 5.92 Å². The third-order valence-corrected chi connectivity index (χ3v) is 3.87. The van der Waals surface area contributed by atoms with Gasteiger partial charge < -0.3 is 10.1 Å². The van der Waals surface area contributed by atoms with E-state index < -0.39 is 0 Å². The standard InChI is InChI=1S/C17H27NO/c1-14(2)10-11-19-17-8-6-16(7-9-17)13-18-12-15-4-3-5-15/h6-9,14-15,18H,3-5,10-13H2,1-2H3. The summed E-state index contributed by atoms with van der Waals surface area (Å²) < 4.78 is 5.72. The molecule has 2 rings (SSSR count). The molecule has 2 heteroatoms. The fourth-order valence-electron chi connectivity index (χ4n) is 2.23. The molecule has 2 nitrogen and oxygen atoms in total. The quantitative estimate of drug-likeness (QED) is 0.763. The molecule has 0 heterocycles. The van der Waals surface area contributed by atoms with E-state index in [1.165, 1.54) is 31.4 Å². The number of ether oxygens (including phenoxy) is 1. The van der Waals surface area contributed by atoms with Gasteiger partial charge in [-0.25, -0.2) is 0 Å². The third-order valence-electron chi connectivity index (χ3n) is 3.87. The van der Waals surface area contributed by atoms with Crippen LogP contribution in [-0.4, -0.2) is 13.2 Å². The molecule has 106 valence electrons. The summed E-state index contributed by atoms with van der Waals surface area (Å²) in [5.74, 6) is 2.62. The zero-order valence-electron chi connectivity index (χ0n) is 12.3. The van der Waals surface area contributed by atoms with Gasteiger partial charge in [0.1, 0.15) is 5.75 Å². The normalized spacial score (nSPS) is 15.5. The Morgan fingerprint density at radius 3 is 2.53 bits per heavy atom. The predicted octanol–water partition coefficient (Wildman–Crippen LogP) is 4.00. The highest BCUT2D eigenvalue weighted by atomic mass is 16.5. The maximum absolute atomic E-state index is 5.72. The Kier molecular flexibility index (Phi) is 5.71. The summed E-state index contributed by atoms with van der Waals surface area (Å²) in [7, 11) is 0. The molecule has 1 aliphatic carbocycles. The molecule has 1 aliphatic rings. The first kappa shape index (κ1) is 14.4. The van der Waals surface area contributed by atoms with E-state index in [2.05, 4.69) is 43.4 Å². The van der Waals surface area contributed by atoms with Crippen molar-refractivity contribution in [3.8, 4) is 5.75 Å². The smallest absolute Gasteiger partial charge is 0.119 e. The molecule has 19 heavy (non-hydrogen) atoms. The Balaban J connectivity index is 1.65. The lowest BCUT2D eigenvalue weighted by atomic mass is 9.85. The zero-order chi connectivity index (χ0) is 13.5. The lowest BCUT2D eigenvalue weighted by Crippen LogP contribution is -2.26. The lowest BCUT2D eigenvalue weighted by molar-refractivity contribution is 0.289. The van der Waals surface area contributed by atoms with Crippen LogP contribution in [0.2, 0.25) is 0 Å². The van der Waals surface area contributed by atoms with Crippen molar-refractivity contribution in [3.05, 3.63) is 29.8 Å². The molecule has 0 bridgehead atoms. The third kappa shape index (κ3) is 5.23. The van der Waals surface area contributed by atoms with Gasteiger partial charge in [-0.3, -0.25) is 0 Å². The predicted molar refractivity (Wildman–Crippen MR) is 80.4 cm³/mol. The Bertz CT molecular complexity index is 354. The number of benzene rings is 1. The van der Waals surface area contributed by atoms with Crippen molar-refractivity contribution >= 4 is 0 Å². The van der Waals surface area contributed by atoms with Gasteiger partial charge in [-0.2, -0.15) is 0 Å². The van der Waals surface area contributed by atoms with E-state index in [4.69, 9.17) is 4.74 Å². The van der Waals surface area contributed by atoms with Gasteiger partial charge in [0.2, 0.25) is 0 Å². The number of hydrogen-bond donors (Lipinski definition) is 1. The summed E-state index contributed by atoms with van der Waals surface area (Å²) in [5, 5.41) is 3.54. The van der Waals surface area contributed by atoms with Crippen molar-refractivity contribution in [1.82, 2.24) is 5.32 Å². The van der Waals surface area contributed by atoms with Crippen LogP contribution < -0.4 is 10.1 Å². The number of rotatable bonds is 8. The second kappa shape index (κ2) is 7.54. The van der Waals surface area contributed by atoms with Gasteiger partial charge in [0.15, 0.2) is 0 Å². The summed E-state index contributed by atoms with van der Waals surface area (Å²) in [6.45, 7) is 7.41. The monoisotopic (exact) mass is 261 g/mol. The topological polar surface area (TPSA) is 21.3 Å². The first-order valence-electron chi connectivity index (χ1n) is 7.66. The minimum absolute atomic E-state index is 0.704. The van der Waals surface area contributed by atoms with Crippen LogP contribution in [0.15, 0.2) is 24.3 Å². The van der Waals surface area contributed by atoms with E-state index >= 15 is 0 Å². The van der Waals surface area contributed by atoms with Gasteiger partial charge >= 0.3 is 0 Å². The molecule has 0 saturated heterocycles. The minimum atomic E-state index is 0.704. The largest absolute Gasteiger partial charge is 0.494 e. The van der Waals surface area contributed by atoms with Gasteiger partial charge in [0.05, 0.1) is 6.61 Å². The first-order valence-corrected chi connectivity index (χ1v) is 7.66. The molecule has 1 saturated carbocycles. The van der Waals surface area contributed by atoms with E-state index in [9.17, 15) is 0 Å². The molecule has 1 aromatic rings. The molecule has 0 aliphatic heterocycles. The summed E-state index contributed by atoms with van der Waals surface area (Å²) in [6, 6.07) is 8.50. The van der Waals surface area contributed by atoms with Crippen LogP contribution in [0.25, 0.3) is 0 Å². The van der Waals surface area contributed by atoms with Crippen molar-refractivity contribution < 1.29 is 4.74 Å². The van der Waals surface area contributed by atoms with E-state index in [0.717, 1.165) is 31.2 Å². The second-order valence-corrected chi connectivity index (χ2v) is 6.10. The van der Waals surface area contributed by atoms with Crippen molar-refractivity contribution in [3.63, 3.8) is 0 Å². The van der Waals surface area contributed by atoms with Crippen LogP contribution in [-0.2, 0) is 6.54 Å². The van der Waals surface area contributed by atoms with Gasteiger partial charge in [0.25, 0.3) is 0 Å². The molecule has 1 N–H and O–H groups in total. The summed E-state index contributed by atoms with van der Waals surface area (Å²) in [5.41, 5.74) is 1.34. The average Bonchev–Trinajstić information content (AvgIpc) is 2.34. The van der Waals surface area contributed by atoms with Crippen LogP contribution in [0.3, 0.4) is 0 Å². The van der Waals surface area contributed by atoms with Crippen LogP contribution in [0.1, 0.15) is 45.1 Å². The Morgan fingerprint density at radius 1 is 1.21 bits per heavy atom. The van der Waals surface area contributed by atoms with Crippen molar-refractivity contribution in [1.29, 1.82) is 0 Å². The second-order valence-electron chi connectivity index (χ2n) is 6.10. The fourth-order valence-corrected chi connectivity index (χ4v) is 2.23. The molecule has 1 aromatic carbocycles. The van der Waals surface area contributed by atoms with Crippen LogP contribution >= 0.6 is 0 Å².